The third-order valence-corrected chi connectivity index (χ3v) is 5.77. The summed E-state index contributed by atoms with van der Waals surface area (Å²) in [6.45, 7) is 3.50. The van der Waals surface area contributed by atoms with Crippen LogP contribution in [-0.4, -0.2) is 31.5 Å². The second-order valence-corrected chi connectivity index (χ2v) is 8.85. The van der Waals surface area contributed by atoms with Gasteiger partial charge in [-0.2, -0.15) is 0 Å². The standard InChI is InChI=1S/C19H22ClN3O5S/c1-4-17(19(24)21-12-14-6-8-15(20)9-7-14)22(29(3,27)28)18-11-16(23(25)26)10-5-13(18)2/h5-11,17H,4,12H2,1-3H3,(H,21,24)/t17-/m0/s1. The minimum Gasteiger partial charge on any atom is -0.350 e. The molecule has 1 N–H and O–H groups in total. The highest BCUT2D eigenvalue weighted by Crippen LogP contribution is 2.30. The van der Waals surface area contributed by atoms with Crippen LogP contribution in [0.15, 0.2) is 42.5 Å². The fourth-order valence-corrected chi connectivity index (χ4v) is 4.28. The first-order valence-corrected chi connectivity index (χ1v) is 11.0. The number of aryl methyl sites for hydroxylation is 1. The van der Waals surface area contributed by atoms with Crippen molar-refractivity contribution in [2.45, 2.75) is 32.9 Å². The molecule has 0 aliphatic rings. The van der Waals surface area contributed by atoms with E-state index in [2.05, 4.69) is 5.32 Å². The molecule has 0 heterocycles. The van der Waals surface area contributed by atoms with Crippen molar-refractivity contribution >= 4 is 38.9 Å². The Morgan fingerprint density at radius 1 is 1.24 bits per heavy atom. The number of hydrogen-bond acceptors (Lipinski definition) is 5. The van der Waals surface area contributed by atoms with Gasteiger partial charge in [-0.1, -0.05) is 36.7 Å². The number of halogens is 1. The molecule has 0 aliphatic heterocycles. The molecule has 0 aromatic heterocycles. The molecule has 0 fully saturated rings. The topological polar surface area (TPSA) is 110 Å². The van der Waals surface area contributed by atoms with Crippen LogP contribution < -0.4 is 9.62 Å². The molecule has 2 aromatic carbocycles. The first-order chi connectivity index (χ1) is 13.5. The SMILES string of the molecule is CC[C@@H](C(=O)NCc1ccc(Cl)cc1)N(c1cc([N+](=O)[O-])ccc1C)S(C)(=O)=O. The predicted octanol–water partition coefficient (Wildman–Crippen LogP) is 3.42. The fraction of sp³-hybridized carbons (Fsp3) is 0.316. The first kappa shape index (κ1) is 22.6. The maximum atomic E-state index is 12.8. The van der Waals surface area contributed by atoms with Crippen molar-refractivity contribution in [3.8, 4) is 0 Å². The van der Waals surface area contributed by atoms with Gasteiger partial charge in [0.25, 0.3) is 5.69 Å². The number of sulfonamides is 1. The number of nitrogens with one attached hydrogen (secondary N) is 1. The van der Waals surface area contributed by atoms with Gasteiger partial charge in [0.15, 0.2) is 0 Å². The maximum Gasteiger partial charge on any atom is 0.271 e. The molecule has 10 heteroatoms. The van der Waals surface area contributed by atoms with Gasteiger partial charge in [0.2, 0.25) is 15.9 Å². The Bertz CT molecular complexity index is 1010. The smallest absolute Gasteiger partial charge is 0.271 e. The normalized spacial score (nSPS) is 12.3. The summed E-state index contributed by atoms with van der Waals surface area (Å²) in [6, 6.07) is 9.75. The van der Waals surface area contributed by atoms with E-state index in [4.69, 9.17) is 11.6 Å². The summed E-state index contributed by atoms with van der Waals surface area (Å²) in [5.41, 5.74) is 1.16. The summed E-state index contributed by atoms with van der Waals surface area (Å²) in [4.78, 5) is 23.4. The number of nitrogens with zero attached hydrogens (tertiary/aromatic N) is 2. The summed E-state index contributed by atoms with van der Waals surface area (Å²) in [5, 5.41) is 14.4. The first-order valence-electron chi connectivity index (χ1n) is 8.81. The summed E-state index contributed by atoms with van der Waals surface area (Å²) >= 11 is 5.85. The molecule has 8 nitrogen and oxygen atoms in total. The van der Waals surface area contributed by atoms with Gasteiger partial charge in [-0.25, -0.2) is 8.42 Å². The molecular weight excluding hydrogens is 418 g/mol. The molecule has 0 saturated carbocycles. The molecule has 0 spiro atoms. The number of anilines is 1. The lowest BCUT2D eigenvalue weighted by molar-refractivity contribution is -0.384. The molecule has 29 heavy (non-hydrogen) atoms. The molecule has 156 valence electrons. The third-order valence-electron chi connectivity index (χ3n) is 4.35. The zero-order chi connectivity index (χ0) is 21.8. The molecule has 0 aliphatic carbocycles. The number of non-ortho nitro benzene ring substituents is 1. The van der Waals surface area contributed by atoms with Crippen molar-refractivity contribution in [3.63, 3.8) is 0 Å². The molecule has 2 aromatic rings. The molecule has 1 amide bonds. The van der Waals surface area contributed by atoms with Gasteiger partial charge in [-0.3, -0.25) is 19.2 Å². The van der Waals surface area contributed by atoms with Crippen molar-refractivity contribution in [1.82, 2.24) is 5.32 Å². The average Bonchev–Trinajstić information content (AvgIpc) is 2.65. The minimum absolute atomic E-state index is 0.107. The van der Waals surface area contributed by atoms with Crippen LogP contribution in [0.4, 0.5) is 11.4 Å². The number of hydrogen-bond donors (Lipinski definition) is 1. The van der Waals surface area contributed by atoms with Crippen LogP contribution in [0, 0.1) is 17.0 Å². The van der Waals surface area contributed by atoms with Gasteiger partial charge in [-0.15, -0.1) is 0 Å². The molecule has 0 radical (unpaired) electrons. The largest absolute Gasteiger partial charge is 0.350 e. The van der Waals surface area contributed by atoms with Gasteiger partial charge < -0.3 is 5.32 Å². The van der Waals surface area contributed by atoms with Gasteiger partial charge >= 0.3 is 0 Å². The molecular formula is C19H22ClN3O5S. The van der Waals surface area contributed by atoms with Crippen molar-refractivity contribution in [2.24, 2.45) is 0 Å². The number of carbonyl (C=O) groups excluding carboxylic acids is 1. The van der Waals surface area contributed by atoms with Crippen LogP contribution in [-0.2, 0) is 21.4 Å². The van der Waals surface area contributed by atoms with E-state index in [1.54, 1.807) is 38.1 Å². The Hall–Kier alpha value is -2.65. The van der Waals surface area contributed by atoms with E-state index in [0.717, 1.165) is 16.1 Å². The van der Waals surface area contributed by atoms with Crippen LogP contribution in [0.3, 0.4) is 0 Å². The summed E-state index contributed by atoms with van der Waals surface area (Å²) in [6.07, 6.45) is 1.15. The third kappa shape index (κ3) is 5.68. The predicted molar refractivity (Wildman–Crippen MR) is 113 cm³/mol. The van der Waals surface area contributed by atoms with E-state index in [9.17, 15) is 23.3 Å². The van der Waals surface area contributed by atoms with Gasteiger partial charge in [0, 0.05) is 23.7 Å². The second-order valence-electron chi connectivity index (χ2n) is 6.56. The second kappa shape index (κ2) is 9.23. The molecule has 2 rings (SSSR count). The number of rotatable bonds is 8. The van der Waals surface area contributed by atoms with Gasteiger partial charge in [0.1, 0.15) is 6.04 Å². The molecule has 0 saturated heterocycles. The number of nitro benzene ring substituents is 1. The Balaban J connectivity index is 2.37. The highest BCUT2D eigenvalue weighted by molar-refractivity contribution is 7.92. The van der Waals surface area contributed by atoms with E-state index >= 15 is 0 Å². The van der Waals surface area contributed by atoms with Crippen molar-refractivity contribution in [1.29, 1.82) is 0 Å². The Kier molecular flexibility index (Phi) is 7.21. The van der Waals surface area contributed by atoms with E-state index in [0.29, 0.717) is 10.6 Å². The zero-order valence-corrected chi connectivity index (χ0v) is 17.8. The quantitative estimate of drug-likeness (QED) is 0.500. The van der Waals surface area contributed by atoms with Crippen LogP contribution in [0.1, 0.15) is 24.5 Å². The fourth-order valence-electron chi connectivity index (χ4n) is 2.89. The Labute approximate surface area is 174 Å². The van der Waals surface area contributed by atoms with E-state index in [1.807, 2.05) is 0 Å². The van der Waals surface area contributed by atoms with Crippen molar-refractivity contribution in [3.05, 3.63) is 68.7 Å². The molecule has 0 unspecified atom stereocenters. The highest BCUT2D eigenvalue weighted by atomic mass is 35.5. The number of benzene rings is 2. The monoisotopic (exact) mass is 439 g/mol. The summed E-state index contributed by atoms with van der Waals surface area (Å²) in [7, 11) is -3.90. The zero-order valence-electron chi connectivity index (χ0n) is 16.3. The van der Waals surface area contributed by atoms with E-state index in [1.165, 1.54) is 18.2 Å². The average molecular weight is 440 g/mol. The maximum absolute atomic E-state index is 12.8. The van der Waals surface area contributed by atoms with E-state index < -0.39 is 26.9 Å². The van der Waals surface area contributed by atoms with Crippen LogP contribution in [0.5, 0.6) is 0 Å². The minimum atomic E-state index is -3.90. The summed E-state index contributed by atoms with van der Waals surface area (Å²) in [5.74, 6) is -0.501. The number of carbonyl (C=O) groups is 1. The Morgan fingerprint density at radius 3 is 2.38 bits per heavy atom. The van der Waals surface area contributed by atoms with Gasteiger partial charge in [-0.05, 0) is 36.6 Å². The van der Waals surface area contributed by atoms with Crippen LogP contribution >= 0.6 is 11.6 Å². The molecule has 0 bridgehead atoms. The number of amides is 1. The van der Waals surface area contributed by atoms with Crippen LogP contribution in [0.25, 0.3) is 0 Å². The highest BCUT2D eigenvalue weighted by Gasteiger charge is 2.33. The van der Waals surface area contributed by atoms with E-state index in [-0.39, 0.29) is 24.3 Å². The molecule has 1 atom stereocenters. The lowest BCUT2D eigenvalue weighted by Gasteiger charge is -2.31. The van der Waals surface area contributed by atoms with Gasteiger partial charge in [0.05, 0.1) is 16.9 Å². The number of nitro groups is 1. The lowest BCUT2D eigenvalue weighted by Crippen LogP contribution is -2.49. The van der Waals surface area contributed by atoms with Crippen molar-refractivity contribution < 1.29 is 18.1 Å². The summed E-state index contributed by atoms with van der Waals surface area (Å²) < 4.78 is 26.0. The Morgan fingerprint density at radius 2 is 1.86 bits per heavy atom. The lowest BCUT2D eigenvalue weighted by atomic mass is 10.1. The van der Waals surface area contributed by atoms with Crippen molar-refractivity contribution in [2.75, 3.05) is 10.6 Å². The van der Waals surface area contributed by atoms with Crippen LogP contribution in [0.2, 0.25) is 5.02 Å².